The molecular weight excluding hydrogens is 470 g/mol. The van der Waals surface area contributed by atoms with Crippen LogP contribution in [-0.2, 0) is 4.79 Å². The zero-order valence-electron chi connectivity index (χ0n) is 18.4. The Balaban J connectivity index is 1.28. The van der Waals surface area contributed by atoms with Crippen LogP contribution in [0.25, 0.3) is 6.08 Å². The van der Waals surface area contributed by atoms with Gasteiger partial charge in [-0.05, 0) is 73.6 Å². The van der Waals surface area contributed by atoms with E-state index >= 15 is 0 Å². The Hall–Kier alpha value is -2.23. The van der Waals surface area contributed by atoms with Crippen LogP contribution in [0.2, 0.25) is 0 Å². The van der Waals surface area contributed by atoms with Crippen LogP contribution in [-0.4, -0.2) is 37.1 Å². The predicted molar refractivity (Wildman–Crippen MR) is 135 cm³/mol. The van der Waals surface area contributed by atoms with Crippen LogP contribution in [0.3, 0.4) is 0 Å². The third-order valence-corrected chi connectivity index (χ3v) is 9.21. The summed E-state index contributed by atoms with van der Waals surface area (Å²) in [6.07, 6.45) is 7.82. The van der Waals surface area contributed by atoms with Crippen molar-refractivity contribution in [3.63, 3.8) is 0 Å². The fourth-order valence-electron chi connectivity index (χ4n) is 4.88. The lowest BCUT2D eigenvalue weighted by Gasteiger charge is -2.28. The van der Waals surface area contributed by atoms with E-state index in [0.717, 1.165) is 36.0 Å². The van der Waals surface area contributed by atoms with E-state index in [9.17, 15) is 4.79 Å². The largest absolute Gasteiger partial charge is 0.303 e. The lowest BCUT2D eigenvalue weighted by Crippen LogP contribution is -2.32. The number of thioether (sulfide) groups is 1. The molecule has 6 nitrogen and oxygen atoms in total. The van der Waals surface area contributed by atoms with Gasteiger partial charge in [0.15, 0.2) is 5.16 Å². The summed E-state index contributed by atoms with van der Waals surface area (Å²) >= 11 is 4.95. The number of allylic oxidation sites excluding steroid dienone is 1. The number of carbonyl (C=O) groups is 1. The molecule has 0 bridgehead atoms. The molecule has 0 spiro atoms. The van der Waals surface area contributed by atoms with Crippen LogP contribution < -0.4 is 0 Å². The monoisotopic (exact) mass is 495 g/mol. The standard InChI is InChI=1S/C24H25N5OS3/c1-15-25-26-24(28(15)17-9-10-17)33-14-21(30)29-23(20-8-4-12-32-20)19-7-2-5-16(22(19)27-29)13-18-6-3-11-31-18/h3-4,6,8,11-13,17,19,23H,2,5,7,9-10,14H2,1H3. The van der Waals surface area contributed by atoms with E-state index in [2.05, 4.69) is 55.9 Å². The van der Waals surface area contributed by atoms with Gasteiger partial charge in [-0.25, -0.2) is 5.01 Å². The van der Waals surface area contributed by atoms with Gasteiger partial charge < -0.3 is 4.57 Å². The summed E-state index contributed by atoms with van der Waals surface area (Å²) in [7, 11) is 0. The first kappa shape index (κ1) is 21.3. The molecule has 2 atom stereocenters. The molecule has 4 heterocycles. The van der Waals surface area contributed by atoms with Crippen molar-refractivity contribution in [1.29, 1.82) is 0 Å². The highest BCUT2D eigenvalue weighted by Crippen LogP contribution is 2.46. The van der Waals surface area contributed by atoms with Gasteiger partial charge >= 0.3 is 0 Å². The number of fused-ring (bicyclic) bond motifs is 1. The maximum atomic E-state index is 13.5. The molecule has 3 aromatic heterocycles. The third-order valence-electron chi connectivity index (χ3n) is 6.52. The SMILES string of the molecule is Cc1nnc(SCC(=O)N2N=C3C(=Cc4cccs4)CCCC3C2c2cccs2)n1C1CC1. The average molecular weight is 496 g/mol. The predicted octanol–water partition coefficient (Wildman–Crippen LogP) is 5.96. The van der Waals surface area contributed by atoms with Crippen LogP contribution in [0.4, 0.5) is 0 Å². The van der Waals surface area contributed by atoms with Gasteiger partial charge in [0.1, 0.15) is 5.82 Å². The first-order valence-electron chi connectivity index (χ1n) is 11.4. The smallest absolute Gasteiger partial charge is 0.253 e. The van der Waals surface area contributed by atoms with E-state index in [0.29, 0.717) is 11.8 Å². The van der Waals surface area contributed by atoms with Crippen molar-refractivity contribution >= 4 is 52.1 Å². The fraction of sp³-hybridized carbons (Fsp3) is 0.417. The Bertz CT molecular complexity index is 1210. The molecule has 3 aliphatic rings. The van der Waals surface area contributed by atoms with E-state index in [4.69, 9.17) is 5.10 Å². The molecule has 2 fully saturated rings. The highest BCUT2D eigenvalue weighted by molar-refractivity contribution is 7.99. The number of rotatable bonds is 6. The number of thiophene rings is 2. The summed E-state index contributed by atoms with van der Waals surface area (Å²) in [5.74, 6) is 1.55. The molecule has 0 N–H and O–H groups in total. The van der Waals surface area contributed by atoms with Crippen LogP contribution in [0, 0.1) is 12.8 Å². The Labute approximate surface area is 205 Å². The number of aryl methyl sites for hydroxylation is 1. The molecule has 0 saturated heterocycles. The van der Waals surface area contributed by atoms with Crippen molar-refractivity contribution < 1.29 is 4.79 Å². The van der Waals surface area contributed by atoms with Crippen LogP contribution >= 0.6 is 34.4 Å². The van der Waals surface area contributed by atoms with Crippen molar-refractivity contribution in [3.8, 4) is 0 Å². The topological polar surface area (TPSA) is 63.4 Å². The molecule has 33 heavy (non-hydrogen) atoms. The van der Waals surface area contributed by atoms with Crippen molar-refractivity contribution in [2.24, 2.45) is 11.0 Å². The van der Waals surface area contributed by atoms with Gasteiger partial charge in [0.05, 0.1) is 17.5 Å². The molecule has 3 aromatic rings. The Morgan fingerprint density at radius 1 is 1.18 bits per heavy atom. The summed E-state index contributed by atoms with van der Waals surface area (Å²) in [6, 6.07) is 8.93. The van der Waals surface area contributed by atoms with Gasteiger partial charge in [0, 0.05) is 21.7 Å². The first-order valence-corrected chi connectivity index (χ1v) is 14.2. The number of hydrazone groups is 1. The Morgan fingerprint density at radius 3 is 2.79 bits per heavy atom. The molecule has 170 valence electrons. The van der Waals surface area contributed by atoms with Crippen LogP contribution in [0.15, 0.2) is 50.9 Å². The summed E-state index contributed by atoms with van der Waals surface area (Å²) in [6.45, 7) is 1.99. The highest BCUT2D eigenvalue weighted by Gasteiger charge is 2.44. The van der Waals surface area contributed by atoms with Gasteiger partial charge in [-0.2, -0.15) is 5.10 Å². The number of amides is 1. The van der Waals surface area contributed by atoms with Gasteiger partial charge in [-0.15, -0.1) is 32.9 Å². The van der Waals surface area contributed by atoms with E-state index in [1.807, 2.05) is 6.92 Å². The fourth-order valence-corrected chi connectivity index (χ4v) is 7.34. The second-order valence-electron chi connectivity index (χ2n) is 8.79. The number of nitrogens with zero attached hydrogens (tertiary/aromatic N) is 5. The molecule has 2 aliphatic carbocycles. The minimum absolute atomic E-state index is 0.0110. The number of aromatic nitrogens is 3. The minimum Gasteiger partial charge on any atom is -0.303 e. The van der Waals surface area contributed by atoms with Crippen LogP contribution in [0.5, 0.6) is 0 Å². The first-order chi connectivity index (χ1) is 16.2. The number of hydrogen-bond acceptors (Lipinski definition) is 7. The van der Waals surface area contributed by atoms with Gasteiger partial charge in [-0.3, -0.25) is 4.79 Å². The second-order valence-corrected chi connectivity index (χ2v) is 11.7. The lowest BCUT2D eigenvalue weighted by atomic mass is 9.79. The number of carbonyl (C=O) groups excluding carboxylic acids is 1. The van der Waals surface area contributed by atoms with Crippen LogP contribution in [0.1, 0.15) is 59.8 Å². The molecule has 2 unspecified atom stereocenters. The molecule has 0 aromatic carbocycles. The van der Waals surface area contributed by atoms with Crippen molar-refractivity contribution in [1.82, 2.24) is 19.8 Å². The average Bonchev–Trinajstić information content (AvgIpc) is 3.26. The lowest BCUT2D eigenvalue weighted by molar-refractivity contribution is -0.130. The molecule has 1 amide bonds. The molecule has 2 saturated carbocycles. The third kappa shape index (κ3) is 4.11. The molecule has 6 rings (SSSR count). The molecular formula is C24H25N5OS3. The normalized spacial score (nSPS) is 23.7. The molecule has 0 radical (unpaired) electrons. The van der Waals surface area contributed by atoms with E-state index in [-0.39, 0.29) is 17.9 Å². The van der Waals surface area contributed by atoms with E-state index in [1.165, 1.54) is 39.9 Å². The van der Waals surface area contributed by atoms with E-state index in [1.54, 1.807) is 27.7 Å². The van der Waals surface area contributed by atoms with Crippen molar-refractivity contribution in [3.05, 3.63) is 56.2 Å². The van der Waals surface area contributed by atoms with E-state index < -0.39 is 0 Å². The summed E-state index contributed by atoms with van der Waals surface area (Å²) in [5, 5.41) is 20.4. The zero-order valence-corrected chi connectivity index (χ0v) is 20.8. The minimum atomic E-state index is -0.0110. The summed E-state index contributed by atoms with van der Waals surface area (Å²) in [4.78, 5) is 16.0. The van der Waals surface area contributed by atoms with Crippen molar-refractivity contribution in [2.75, 3.05) is 5.75 Å². The van der Waals surface area contributed by atoms with Gasteiger partial charge in [0.2, 0.25) is 0 Å². The van der Waals surface area contributed by atoms with Crippen molar-refractivity contribution in [2.45, 2.75) is 56.3 Å². The zero-order chi connectivity index (χ0) is 22.4. The number of hydrogen-bond donors (Lipinski definition) is 0. The summed E-state index contributed by atoms with van der Waals surface area (Å²) < 4.78 is 2.19. The second kappa shape index (κ2) is 8.85. The Morgan fingerprint density at radius 2 is 2.03 bits per heavy atom. The maximum Gasteiger partial charge on any atom is 0.253 e. The quantitative estimate of drug-likeness (QED) is 0.396. The molecule has 1 aliphatic heterocycles. The maximum absolute atomic E-state index is 13.5. The Kier molecular flexibility index (Phi) is 5.72. The highest BCUT2D eigenvalue weighted by atomic mass is 32.2. The summed E-state index contributed by atoms with van der Waals surface area (Å²) in [5.41, 5.74) is 2.38. The van der Waals surface area contributed by atoms with Gasteiger partial charge in [0.25, 0.3) is 5.91 Å². The molecule has 9 heteroatoms. The van der Waals surface area contributed by atoms with Gasteiger partial charge in [-0.1, -0.05) is 23.9 Å².